The van der Waals surface area contributed by atoms with Gasteiger partial charge in [-0.3, -0.25) is 14.2 Å². The zero-order chi connectivity index (χ0) is 24.1. The van der Waals surface area contributed by atoms with E-state index in [4.69, 9.17) is 14.5 Å². The minimum atomic E-state index is -0.486. The fraction of sp³-hybridized carbons (Fsp3) is 0.192. The van der Waals surface area contributed by atoms with E-state index in [-0.39, 0.29) is 11.5 Å². The Morgan fingerprint density at radius 3 is 2.29 bits per heavy atom. The molecule has 0 bridgehead atoms. The van der Waals surface area contributed by atoms with Crippen LogP contribution in [0.15, 0.2) is 82.7 Å². The van der Waals surface area contributed by atoms with Crippen LogP contribution in [0, 0.1) is 0 Å². The molecular formula is C26H25N3O4S. The Labute approximate surface area is 201 Å². The summed E-state index contributed by atoms with van der Waals surface area (Å²) in [5, 5.41) is 3.44. The summed E-state index contributed by atoms with van der Waals surface area (Å²) >= 11 is 1.26. The van der Waals surface area contributed by atoms with Gasteiger partial charge in [-0.2, -0.15) is 0 Å². The van der Waals surface area contributed by atoms with Gasteiger partial charge >= 0.3 is 0 Å². The number of hydrogen-bond donors (Lipinski definition) is 1. The molecule has 0 aliphatic carbocycles. The molecule has 1 heterocycles. The van der Waals surface area contributed by atoms with Gasteiger partial charge in [0.15, 0.2) is 5.16 Å². The summed E-state index contributed by atoms with van der Waals surface area (Å²) in [5.41, 5.74) is 1.68. The van der Waals surface area contributed by atoms with E-state index in [1.165, 1.54) is 11.8 Å². The highest BCUT2D eigenvalue weighted by Crippen LogP contribution is 2.30. The maximum Gasteiger partial charge on any atom is 0.266 e. The van der Waals surface area contributed by atoms with Crippen LogP contribution in [-0.2, 0) is 4.79 Å². The number of nitrogens with zero attached hydrogens (tertiary/aromatic N) is 2. The molecule has 4 aromatic rings. The number of nitrogens with one attached hydrogen (secondary N) is 1. The van der Waals surface area contributed by atoms with Crippen molar-refractivity contribution in [1.29, 1.82) is 0 Å². The molecule has 0 spiro atoms. The molecule has 7 nitrogen and oxygen atoms in total. The van der Waals surface area contributed by atoms with E-state index in [1.807, 2.05) is 49.4 Å². The molecule has 4 rings (SSSR count). The smallest absolute Gasteiger partial charge is 0.266 e. The maximum atomic E-state index is 13.4. The van der Waals surface area contributed by atoms with Gasteiger partial charge in [0.05, 0.1) is 36.1 Å². The summed E-state index contributed by atoms with van der Waals surface area (Å²) in [6.45, 7) is 1.93. The number of fused-ring (bicyclic) bond motifs is 1. The van der Waals surface area contributed by atoms with Crippen LogP contribution in [0.1, 0.15) is 13.3 Å². The van der Waals surface area contributed by atoms with Gasteiger partial charge in [-0.05, 0) is 30.7 Å². The van der Waals surface area contributed by atoms with E-state index in [1.54, 1.807) is 49.1 Å². The number of thioether (sulfide) groups is 1. The van der Waals surface area contributed by atoms with E-state index < -0.39 is 5.25 Å². The SMILES string of the molecule is CCC(Sc1nc2ccccc2c(=O)n1-c1ccccc1)C(=O)Nc1cc(OC)cc(OC)c1. The lowest BCUT2D eigenvalue weighted by Crippen LogP contribution is -2.27. The molecule has 1 atom stereocenters. The van der Waals surface area contributed by atoms with Crippen LogP contribution in [0.25, 0.3) is 16.6 Å². The lowest BCUT2D eigenvalue weighted by Gasteiger charge is -2.18. The number of rotatable bonds is 8. The van der Waals surface area contributed by atoms with Crippen LogP contribution in [0.2, 0.25) is 0 Å². The van der Waals surface area contributed by atoms with Gasteiger partial charge in [0.2, 0.25) is 5.91 Å². The van der Waals surface area contributed by atoms with Crippen molar-refractivity contribution in [3.63, 3.8) is 0 Å². The lowest BCUT2D eigenvalue weighted by atomic mass is 10.2. The zero-order valence-corrected chi connectivity index (χ0v) is 20.0. The fourth-order valence-corrected chi connectivity index (χ4v) is 4.58. The second kappa shape index (κ2) is 10.4. The first-order valence-corrected chi connectivity index (χ1v) is 11.7. The second-order valence-corrected chi connectivity index (χ2v) is 8.66. The summed E-state index contributed by atoms with van der Waals surface area (Å²) in [5.74, 6) is 0.943. The largest absolute Gasteiger partial charge is 0.497 e. The number of hydrogen-bond acceptors (Lipinski definition) is 6. The van der Waals surface area contributed by atoms with Crippen molar-refractivity contribution in [3.8, 4) is 17.2 Å². The average Bonchev–Trinajstić information content (AvgIpc) is 2.87. The summed E-state index contributed by atoms with van der Waals surface area (Å²) in [6.07, 6.45) is 0.537. The molecule has 1 unspecified atom stereocenters. The molecule has 34 heavy (non-hydrogen) atoms. The van der Waals surface area contributed by atoms with Gasteiger partial charge in [-0.25, -0.2) is 4.98 Å². The number of amides is 1. The first kappa shape index (κ1) is 23.4. The first-order chi connectivity index (χ1) is 16.5. The van der Waals surface area contributed by atoms with E-state index in [9.17, 15) is 9.59 Å². The molecule has 3 aromatic carbocycles. The van der Waals surface area contributed by atoms with Crippen LogP contribution in [0.4, 0.5) is 5.69 Å². The third-order valence-electron chi connectivity index (χ3n) is 5.29. The predicted octanol–water partition coefficient (Wildman–Crippen LogP) is 4.91. The molecule has 0 saturated heterocycles. The Bertz CT molecular complexity index is 1350. The number of anilines is 1. The van der Waals surface area contributed by atoms with Gasteiger partial charge in [0.25, 0.3) is 5.56 Å². The fourth-order valence-electron chi connectivity index (χ4n) is 3.55. The number of carbonyl (C=O) groups is 1. The highest BCUT2D eigenvalue weighted by Gasteiger charge is 2.23. The molecule has 0 aliphatic rings. The van der Waals surface area contributed by atoms with Crippen molar-refractivity contribution >= 4 is 34.3 Å². The lowest BCUT2D eigenvalue weighted by molar-refractivity contribution is -0.115. The number of para-hydroxylation sites is 2. The maximum absolute atomic E-state index is 13.4. The van der Waals surface area contributed by atoms with Crippen LogP contribution in [-0.4, -0.2) is 34.9 Å². The van der Waals surface area contributed by atoms with Crippen LogP contribution in [0.3, 0.4) is 0 Å². The standard InChI is InChI=1S/C26H25N3O4S/c1-4-23(24(30)27-17-14-19(32-2)16-20(15-17)33-3)34-26-28-22-13-9-8-12-21(22)25(31)29(26)18-10-6-5-7-11-18/h5-16,23H,4H2,1-3H3,(H,27,30). The minimum Gasteiger partial charge on any atom is -0.497 e. The molecule has 0 fully saturated rings. The van der Waals surface area contributed by atoms with Crippen molar-refractivity contribution in [2.45, 2.75) is 23.8 Å². The van der Waals surface area contributed by atoms with Gasteiger partial charge in [0, 0.05) is 23.9 Å². The number of methoxy groups -OCH3 is 2. The summed E-state index contributed by atoms with van der Waals surface area (Å²) < 4.78 is 12.2. The Kier molecular flexibility index (Phi) is 7.18. The monoisotopic (exact) mass is 475 g/mol. The van der Waals surface area contributed by atoms with Crippen molar-refractivity contribution in [2.24, 2.45) is 0 Å². The Morgan fingerprint density at radius 1 is 1.00 bits per heavy atom. The average molecular weight is 476 g/mol. The predicted molar refractivity (Wildman–Crippen MR) is 135 cm³/mol. The van der Waals surface area contributed by atoms with Gasteiger partial charge in [-0.15, -0.1) is 0 Å². The van der Waals surface area contributed by atoms with E-state index in [0.29, 0.717) is 45.4 Å². The number of aromatic nitrogens is 2. The zero-order valence-electron chi connectivity index (χ0n) is 19.1. The highest BCUT2D eigenvalue weighted by atomic mass is 32.2. The van der Waals surface area contributed by atoms with Crippen molar-refractivity contribution in [3.05, 3.63) is 83.2 Å². The van der Waals surface area contributed by atoms with Crippen molar-refractivity contribution in [1.82, 2.24) is 9.55 Å². The highest BCUT2D eigenvalue weighted by molar-refractivity contribution is 8.00. The molecule has 1 N–H and O–H groups in total. The summed E-state index contributed by atoms with van der Waals surface area (Å²) in [6, 6.07) is 21.7. The molecule has 8 heteroatoms. The minimum absolute atomic E-state index is 0.174. The topological polar surface area (TPSA) is 82.5 Å². The van der Waals surface area contributed by atoms with Gasteiger partial charge in [0.1, 0.15) is 11.5 Å². The molecule has 0 saturated carbocycles. The summed E-state index contributed by atoms with van der Waals surface area (Å²) in [4.78, 5) is 31.4. The second-order valence-electron chi connectivity index (χ2n) is 7.49. The normalized spacial score (nSPS) is 11.7. The molecule has 174 valence electrons. The van der Waals surface area contributed by atoms with Gasteiger partial charge < -0.3 is 14.8 Å². The Hall–Kier alpha value is -3.78. The molecule has 1 amide bonds. The van der Waals surface area contributed by atoms with E-state index in [2.05, 4.69) is 5.32 Å². The number of ether oxygens (including phenoxy) is 2. The quantitative estimate of drug-likeness (QED) is 0.288. The van der Waals surface area contributed by atoms with Crippen molar-refractivity contribution < 1.29 is 14.3 Å². The van der Waals surface area contributed by atoms with Crippen molar-refractivity contribution in [2.75, 3.05) is 19.5 Å². The van der Waals surface area contributed by atoms with Crippen LogP contribution < -0.4 is 20.3 Å². The molecule has 0 radical (unpaired) electrons. The molecule has 0 aliphatic heterocycles. The van der Waals surface area contributed by atoms with E-state index >= 15 is 0 Å². The van der Waals surface area contributed by atoms with Crippen LogP contribution >= 0.6 is 11.8 Å². The molecular weight excluding hydrogens is 450 g/mol. The van der Waals surface area contributed by atoms with Crippen LogP contribution in [0.5, 0.6) is 11.5 Å². The number of benzene rings is 3. The first-order valence-electron chi connectivity index (χ1n) is 10.8. The third kappa shape index (κ3) is 4.92. The Balaban J connectivity index is 1.70. The summed E-state index contributed by atoms with van der Waals surface area (Å²) in [7, 11) is 3.11. The van der Waals surface area contributed by atoms with Gasteiger partial charge in [-0.1, -0.05) is 49.0 Å². The molecule has 1 aromatic heterocycles. The van der Waals surface area contributed by atoms with E-state index in [0.717, 1.165) is 0 Å². The Morgan fingerprint density at radius 2 is 1.65 bits per heavy atom. The number of carbonyl (C=O) groups excluding carboxylic acids is 1. The third-order valence-corrected chi connectivity index (χ3v) is 6.61.